The average molecular weight is 250 g/mol. The summed E-state index contributed by atoms with van der Waals surface area (Å²) in [6.07, 6.45) is 0. The SMILES string of the molecule is C=C(C)C(=O)OCC[O-].O=P(O)(O)O.[Na+]. The second-order valence-electron chi connectivity index (χ2n) is 2.13. The van der Waals surface area contributed by atoms with Crippen molar-refractivity contribution in [2.45, 2.75) is 6.92 Å². The number of esters is 1. The molecule has 0 aliphatic rings. The van der Waals surface area contributed by atoms with Gasteiger partial charge in [0.2, 0.25) is 0 Å². The first kappa shape index (κ1) is 20.7. The van der Waals surface area contributed by atoms with Crippen molar-refractivity contribution in [1.29, 1.82) is 0 Å². The molecule has 9 heteroatoms. The van der Waals surface area contributed by atoms with Gasteiger partial charge in [0, 0.05) is 5.57 Å². The van der Waals surface area contributed by atoms with Gasteiger partial charge in [-0.25, -0.2) is 9.36 Å². The van der Waals surface area contributed by atoms with E-state index in [2.05, 4.69) is 11.3 Å². The molecule has 0 unspecified atom stereocenters. The molecular formula is C6H12NaO7P. The van der Waals surface area contributed by atoms with Crippen LogP contribution in [0.3, 0.4) is 0 Å². The van der Waals surface area contributed by atoms with Crippen molar-refractivity contribution in [3.8, 4) is 0 Å². The molecule has 0 heterocycles. The van der Waals surface area contributed by atoms with Gasteiger partial charge in [0.25, 0.3) is 0 Å². The van der Waals surface area contributed by atoms with E-state index in [1.165, 1.54) is 6.92 Å². The number of hydrogen-bond donors (Lipinski definition) is 3. The van der Waals surface area contributed by atoms with E-state index in [9.17, 15) is 9.90 Å². The summed E-state index contributed by atoms with van der Waals surface area (Å²) >= 11 is 0. The summed E-state index contributed by atoms with van der Waals surface area (Å²) < 4.78 is 13.3. The first-order chi connectivity index (χ1) is 6.18. The van der Waals surface area contributed by atoms with Gasteiger partial charge in [-0.2, -0.15) is 0 Å². The zero-order valence-electron chi connectivity index (χ0n) is 8.54. The number of ether oxygens (including phenoxy) is 1. The molecule has 0 saturated heterocycles. The topological polar surface area (TPSA) is 127 Å². The van der Waals surface area contributed by atoms with Gasteiger partial charge in [0.15, 0.2) is 0 Å². The molecule has 7 nitrogen and oxygen atoms in total. The predicted molar refractivity (Wildman–Crippen MR) is 44.9 cm³/mol. The van der Waals surface area contributed by atoms with E-state index >= 15 is 0 Å². The maximum absolute atomic E-state index is 10.4. The summed E-state index contributed by atoms with van der Waals surface area (Å²) in [5, 5.41) is 9.75. The van der Waals surface area contributed by atoms with Crippen LogP contribution in [0.1, 0.15) is 6.92 Å². The Bertz CT molecular complexity index is 227. The molecule has 0 bridgehead atoms. The van der Waals surface area contributed by atoms with Crippen LogP contribution in [0.2, 0.25) is 0 Å². The zero-order chi connectivity index (χ0) is 11.8. The van der Waals surface area contributed by atoms with E-state index < -0.39 is 13.8 Å². The number of carbonyl (C=O) groups excluding carboxylic acids is 1. The van der Waals surface area contributed by atoms with Gasteiger partial charge in [-0.15, -0.1) is 6.61 Å². The molecule has 0 aliphatic heterocycles. The largest absolute Gasteiger partial charge is 1.00 e. The molecule has 0 aromatic rings. The summed E-state index contributed by atoms with van der Waals surface area (Å²) in [4.78, 5) is 32.0. The van der Waals surface area contributed by atoms with Crippen LogP contribution in [0.5, 0.6) is 0 Å². The molecule has 15 heavy (non-hydrogen) atoms. The fourth-order valence-electron chi connectivity index (χ4n) is 0.258. The second kappa shape index (κ2) is 10.8. The Morgan fingerprint density at radius 2 is 1.80 bits per heavy atom. The summed E-state index contributed by atoms with van der Waals surface area (Å²) in [6.45, 7) is 4.41. The molecule has 0 saturated carbocycles. The minimum Gasteiger partial charge on any atom is -0.852 e. The Hall–Kier alpha value is 0.280. The van der Waals surface area contributed by atoms with Crippen molar-refractivity contribution in [2.24, 2.45) is 0 Å². The van der Waals surface area contributed by atoms with Gasteiger partial charge in [0.1, 0.15) is 0 Å². The quantitative estimate of drug-likeness (QED) is 0.199. The van der Waals surface area contributed by atoms with E-state index in [4.69, 9.17) is 19.2 Å². The Labute approximate surface area is 109 Å². The molecule has 0 spiro atoms. The van der Waals surface area contributed by atoms with E-state index in [0.717, 1.165) is 0 Å². The van der Waals surface area contributed by atoms with Gasteiger partial charge in [-0.3, -0.25) is 0 Å². The van der Waals surface area contributed by atoms with Crippen LogP contribution in [0.15, 0.2) is 12.2 Å². The van der Waals surface area contributed by atoms with Crippen LogP contribution in [0.4, 0.5) is 0 Å². The first-order valence-electron chi connectivity index (χ1n) is 3.37. The van der Waals surface area contributed by atoms with Crippen LogP contribution in [-0.2, 0) is 14.1 Å². The van der Waals surface area contributed by atoms with Crippen molar-refractivity contribution in [3.63, 3.8) is 0 Å². The summed E-state index contributed by atoms with van der Waals surface area (Å²) in [7, 11) is -4.64. The summed E-state index contributed by atoms with van der Waals surface area (Å²) in [5.74, 6) is -0.495. The van der Waals surface area contributed by atoms with E-state index in [-0.39, 0.29) is 42.8 Å². The second-order valence-corrected chi connectivity index (χ2v) is 3.16. The minimum absolute atomic E-state index is 0. The minimum atomic E-state index is -4.64. The average Bonchev–Trinajstić information content (AvgIpc) is 1.96. The molecule has 0 aromatic carbocycles. The van der Waals surface area contributed by atoms with Gasteiger partial charge >= 0.3 is 43.3 Å². The third-order valence-corrected chi connectivity index (χ3v) is 0.665. The number of phosphoric acid groups is 1. The van der Waals surface area contributed by atoms with Gasteiger partial charge in [0.05, 0.1) is 6.61 Å². The molecule has 0 aliphatic carbocycles. The molecular weight excluding hydrogens is 238 g/mol. The zero-order valence-corrected chi connectivity index (χ0v) is 11.4. The number of rotatable bonds is 3. The van der Waals surface area contributed by atoms with Crippen LogP contribution in [-0.4, -0.2) is 33.9 Å². The van der Waals surface area contributed by atoms with Gasteiger partial charge in [-0.1, -0.05) is 6.58 Å². The molecule has 0 aromatic heterocycles. The Kier molecular flexibility index (Phi) is 14.9. The molecule has 84 valence electrons. The maximum atomic E-state index is 10.4. The van der Waals surface area contributed by atoms with Crippen molar-refractivity contribution >= 4 is 13.8 Å². The molecule has 0 atom stereocenters. The first-order valence-corrected chi connectivity index (χ1v) is 4.94. The van der Waals surface area contributed by atoms with Crippen LogP contribution in [0, 0.1) is 0 Å². The fourth-order valence-corrected chi connectivity index (χ4v) is 0.258. The van der Waals surface area contributed by atoms with E-state index in [0.29, 0.717) is 5.57 Å². The Morgan fingerprint density at radius 1 is 1.47 bits per heavy atom. The van der Waals surface area contributed by atoms with Crippen LogP contribution in [0.25, 0.3) is 0 Å². The number of hydrogen-bond acceptors (Lipinski definition) is 4. The molecule has 3 N–H and O–H groups in total. The van der Waals surface area contributed by atoms with E-state index in [1.807, 2.05) is 0 Å². The normalized spacial score (nSPS) is 9.13. The fraction of sp³-hybridized carbons (Fsp3) is 0.500. The summed E-state index contributed by atoms with van der Waals surface area (Å²) in [5.41, 5.74) is 0.323. The van der Waals surface area contributed by atoms with Crippen molar-refractivity contribution in [1.82, 2.24) is 0 Å². The Morgan fingerprint density at radius 3 is 2.00 bits per heavy atom. The third-order valence-electron chi connectivity index (χ3n) is 0.665. The third kappa shape index (κ3) is 31.4. The van der Waals surface area contributed by atoms with Crippen molar-refractivity contribution in [2.75, 3.05) is 13.2 Å². The molecule has 0 radical (unpaired) electrons. The van der Waals surface area contributed by atoms with Gasteiger partial charge in [-0.05, 0) is 6.92 Å². The predicted octanol–water partition coefficient (Wildman–Crippen LogP) is -4.46. The molecule has 0 amide bonds. The van der Waals surface area contributed by atoms with Crippen molar-refractivity contribution < 1.29 is 63.4 Å². The smallest absolute Gasteiger partial charge is 0.852 e. The maximum Gasteiger partial charge on any atom is 1.00 e. The van der Waals surface area contributed by atoms with E-state index in [1.54, 1.807) is 0 Å². The standard InChI is InChI=1S/C6H9O3.Na.H3O4P/c1-5(2)6(8)9-4-3-7;;1-5(2,3)4/h1,3-4H2,2H3;;(H3,1,2,3,4)/q-1;+1;. The van der Waals surface area contributed by atoms with Gasteiger partial charge < -0.3 is 24.5 Å². The molecule has 0 rings (SSSR count). The Balaban J connectivity index is -0.000000208. The monoisotopic (exact) mass is 250 g/mol. The van der Waals surface area contributed by atoms with Crippen LogP contribution >= 0.6 is 7.82 Å². The number of carbonyl (C=O) groups is 1. The summed E-state index contributed by atoms with van der Waals surface area (Å²) in [6, 6.07) is 0. The van der Waals surface area contributed by atoms with Crippen LogP contribution < -0.4 is 34.7 Å². The molecule has 0 fully saturated rings. The van der Waals surface area contributed by atoms with Crippen molar-refractivity contribution in [3.05, 3.63) is 12.2 Å².